The molecule has 0 aromatic heterocycles. The standard InChI is InChI=1S/C25H35N3O6/c1-6-11-26-21(30)18-19-23(32)28(15(3)13-29)20(25(19)12-14(2)24(18,4)34-25)22(31)27-16-7-9-17(33-5)10-8-16/h7-10,14-15,18-20,29H,6,11-13H2,1-5H3,(H,26,30)(H,27,31)/t14?,15-,18+,19+,20?,24-,25?/m1/s1. The molecule has 2 bridgehead atoms. The van der Waals surface area contributed by atoms with Gasteiger partial charge in [-0.25, -0.2) is 0 Å². The number of methoxy groups -OCH3 is 1. The van der Waals surface area contributed by atoms with Crippen molar-refractivity contribution in [3.63, 3.8) is 0 Å². The van der Waals surface area contributed by atoms with Gasteiger partial charge in [-0.1, -0.05) is 13.8 Å². The van der Waals surface area contributed by atoms with E-state index in [2.05, 4.69) is 10.6 Å². The third kappa shape index (κ3) is 3.48. The van der Waals surface area contributed by atoms with Gasteiger partial charge in [0, 0.05) is 12.2 Å². The summed E-state index contributed by atoms with van der Waals surface area (Å²) in [7, 11) is 1.56. The van der Waals surface area contributed by atoms with Crippen molar-refractivity contribution in [1.29, 1.82) is 0 Å². The van der Waals surface area contributed by atoms with Gasteiger partial charge >= 0.3 is 0 Å². The van der Waals surface area contributed by atoms with Crippen LogP contribution >= 0.6 is 0 Å². The molecule has 0 aliphatic carbocycles. The lowest BCUT2D eigenvalue weighted by Crippen LogP contribution is -2.56. The van der Waals surface area contributed by atoms with Crippen molar-refractivity contribution in [2.24, 2.45) is 17.8 Å². The average Bonchev–Trinajstić information content (AvgIpc) is 3.34. The zero-order valence-electron chi connectivity index (χ0n) is 20.5. The number of fused-ring (bicyclic) bond motifs is 1. The van der Waals surface area contributed by atoms with Gasteiger partial charge in [0.15, 0.2) is 0 Å². The van der Waals surface area contributed by atoms with Gasteiger partial charge < -0.3 is 30.1 Å². The van der Waals surface area contributed by atoms with Crippen LogP contribution in [0.1, 0.15) is 40.5 Å². The molecular weight excluding hydrogens is 438 g/mol. The van der Waals surface area contributed by atoms with Gasteiger partial charge in [-0.15, -0.1) is 0 Å². The fourth-order valence-electron chi connectivity index (χ4n) is 6.18. The number of carbonyl (C=O) groups excluding carboxylic acids is 3. The number of carbonyl (C=O) groups is 3. The summed E-state index contributed by atoms with van der Waals surface area (Å²) >= 11 is 0. The number of nitrogens with zero attached hydrogens (tertiary/aromatic N) is 1. The van der Waals surface area contributed by atoms with Crippen molar-refractivity contribution in [2.45, 2.75) is 63.8 Å². The molecule has 0 saturated carbocycles. The topological polar surface area (TPSA) is 117 Å². The maximum absolute atomic E-state index is 13.8. The first kappa shape index (κ1) is 24.5. The summed E-state index contributed by atoms with van der Waals surface area (Å²) in [5, 5.41) is 15.8. The molecule has 34 heavy (non-hydrogen) atoms. The van der Waals surface area contributed by atoms with Gasteiger partial charge in [0.05, 0.1) is 37.2 Å². The molecule has 1 aromatic rings. The summed E-state index contributed by atoms with van der Waals surface area (Å²) in [5.41, 5.74) is -1.44. The summed E-state index contributed by atoms with van der Waals surface area (Å²) in [5.74, 6) is -1.80. The lowest BCUT2D eigenvalue weighted by atomic mass is 9.62. The van der Waals surface area contributed by atoms with Crippen LogP contribution in [-0.4, -0.2) is 71.3 Å². The molecule has 3 amide bonds. The summed E-state index contributed by atoms with van der Waals surface area (Å²) in [4.78, 5) is 42.3. The second-order valence-electron chi connectivity index (χ2n) is 9.99. The molecule has 1 aromatic carbocycles. The minimum Gasteiger partial charge on any atom is -0.497 e. The van der Waals surface area contributed by atoms with E-state index in [1.807, 2.05) is 20.8 Å². The minimum atomic E-state index is -1.14. The third-order valence-corrected chi connectivity index (χ3v) is 7.93. The van der Waals surface area contributed by atoms with Crippen LogP contribution in [0.5, 0.6) is 5.75 Å². The average molecular weight is 474 g/mol. The predicted octanol–water partition coefficient (Wildman–Crippen LogP) is 1.55. The van der Waals surface area contributed by atoms with E-state index in [4.69, 9.17) is 9.47 Å². The van der Waals surface area contributed by atoms with Crippen LogP contribution in [0.4, 0.5) is 5.69 Å². The fourth-order valence-corrected chi connectivity index (χ4v) is 6.18. The number of likely N-dealkylation sites (tertiary alicyclic amines) is 1. The van der Waals surface area contributed by atoms with Crippen LogP contribution in [-0.2, 0) is 19.1 Å². The van der Waals surface area contributed by atoms with E-state index in [1.165, 1.54) is 4.90 Å². The Hall–Kier alpha value is -2.65. The highest BCUT2D eigenvalue weighted by Crippen LogP contribution is 2.65. The van der Waals surface area contributed by atoms with Gasteiger partial charge in [-0.3, -0.25) is 14.4 Å². The van der Waals surface area contributed by atoms with Crippen molar-refractivity contribution in [1.82, 2.24) is 10.2 Å². The highest BCUT2D eigenvalue weighted by Gasteiger charge is 2.80. The van der Waals surface area contributed by atoms with Crippen LogP contribution in [0, 0.1) is 17.8 Å². The van der Waals surface area contributed by atoms with Crippen LogP contribution in [0.3, 0.4) is 0 Å². The number of benzene rings is 1. The number of hydrogen-bond acceptors (Lipinski definition) is 6. The molecule has 186 valence electrons. The molecule has 9 nitrogen and oxygen atoms in total. The fraction of sp³-hybridized carbons (Fsp3) is 0.640. The van der Waals surface area contributed by atoms with E-state index < -0.39 is 41.0 Å². The highest BCUT2D eigenvalue weighted by molar-refractivity contribution is 6.04. The Morgan fingerprint density at radius 2 is 1.97 bits per heavy atom. The van der Waals surface area contributed by atoms with E-state index in [0.717, 1.165) is 6.42 Å². The van der Waals surface area contributed by atoms with E-state index in [0.29, 0.717) is 24.4 Å². The number of anilines is 1. The normalized spacial score (nSPS) is 34.6. The number of rotatable bonds is 8. The Balaban J connectivity index is 1.73. The molecule has 3 fully saturated rings. The molecule has 0 radical (unpaired) electrons. The third-order valence-electron chi connectivity index (χ3n) is 7.93. The van der Waals surface area contributed by atoms with E-state index >= 15 is 0 Å². The summed E-state index contributed by atoms with van der Waals surface area (Å²) in [6, 6.07) is 5.34. The molecule has 3 N–H and O–H groups in total. The van der Waals surface area contributed by atoms with E-state index in [1.54, 1.807) is 38.3 Å². The Morgan fingerprint density at radius 1 is 1.29 bits per heavy atom. The molecule has 3 heterocycles. The SMILES string of the molecule is CCCNC(=O)[C@@H]1[C@H]2C(=O)N([C@H](C)CO)C(C(=O)Nc3ccc(OC)cc3)C23CC(C)[C@@]1(C)O3. The molecule has 4 rings (SSSR count). The van der Waals surface area contributed by atoms with Crippen molar-refractivity contribution < 1.29 is 29.0 Å². The lowest BCUT2D eigenvalue weighted by Gasteiger charge is -2.36. The van der Waals surface area contributed by atoms with Gasteiger partial charge in [-0.05, 0) is 56.9 Å². The zero-order valence-corrected chi connectivity index (χ0v) is 20.5. The van der Waals surface area contributed by atoms with Crippen LogP contribution < -0.4 is 15.4 Å². The molecule has 3 unspecified atom stereocenters. The maximum Gasteiger partial charge on any atom is 0.250 e. The first-order valence-corrected chi connectivity index (χ1v) is 12.0. The number of aliphatic hydroxyl groups excluding tert-OH is 1. The van der Waals surface area contributed by atoms with Crippen molar-refractivity contribution in [3.05, 3.63) is 24.3 Å². The van der Waals surface area contributed by atoms with Gasteiger partial charge in [0.2, 0.25) is 17.7 Å². The van der Waals surface area contributed by atoms with Crippen molar-refractivity contribution >= 4 is 23.4 Å². The number of aliphatic hydroxyl groups is 1. The monoisotopic (exact) mass is 473 g/mol. The number of amides is 3. The summed E-state index contributed by atoms with van der Waals surface area (Å²) < 4.78 is 11.8. The molecule has 3 aliphatic heterocycles. The Labute approximate surface area is 200 Å². The highest BCUT2D eigenvalue weighted by atomic mass is 16.5. The van der Waals surface area contributed by atoms with Crippen molar-refractivity contribution in [3.8, 4) is 5.75 Å². The largest absolute Gasteiger partial charge is 0.497 e. The first-order chi connectivity index (χ1) is 16.1. The second-order valence-corrected chi connectivity index (χ2v) is 9.99. The predicted molar refractivity (Wildman–Crippen MR) is 125 cm³/mol. The smallest absolute Gasteiger partial charge is 0.250 e. The van der Waals surface area contributed by atoms with Gasteiger partial charge in [0.25, 0.3) is 0 Å². The maximum atomic E-state index is 13.8. The Morgan fingerprint density at radius 3 is 2.56 bits per heavy atom. The quantitative estimate of drug-likeness (QED) is 0.528. The molecular formula is C25H35N3O6. The number of ether oxygens (including phenoxy) is 2. The minimum absolute atomic E-state index is 0.0328. The van der Waals surface area contributed by atoms with Gasteiger partial charge in [-0.2, -0.15) is 0 Å². The molecule has 9 heteroatoms. The van der Waals surface area contributed by atoms with Crippen LogP contribution in [0.2, 0.25) is 0 Å². The number of hydrogen-bond donors (Lipinski definition) is 3. The van der Waals surface area contributed by atoms with Crippen LogP contribution in [0.15, 0.2) is 24.3 Å². The summed E-state index contributed by atoms with van der Waals surface area (Å²) in [6.07, 6.45) is 1.25. The second kappa shape index (κ2) is 8.85. The lowest BCUT2D eigenvalue weighted by molar-refractivity contribution is -0.148. The van der Waals surface area contributed by atoms with E-state index in [-0.39, 0.29) is 24.3 Å². The Kier molecular flexibility index (Phi) is 6.37. The molecule has 7 atom stereocenters. The zero-order chi connectivity index (χ0) is 24.8. The van der Waals surface area contributed by atoms with Crippen molar-refractivity contribution in [2.75, 3.05) is 25.6 Å². The number of nitrogens with one attached hydrogen (secondary N) is 2. The summed E-state index contributed by atoms with van der Waals surface area (Å²) in [6.45, 7) is 7.76. The molecule has 3 aliphatic rings. The van der Waals surface area contributed by atoms with E-state index in [9.17, 15) is 19.5 Å². The molecule has 3 saturated heterocycles. The van der Waals surface area contributed by atoms with Crippen LogP contribution in [0.25, 0.3) is 0 Å². The van der Waals surface area contributed by atoms with Gasteiger partial charge in [0.1, 0.15) is 17.4 Å². The molecule has 1 spiro atoms. The Bertz CT molecular complexity index is 968. The first-order valence-electron chi connectivity index (χ1n) is 12.0.